The highest BCUT2D eigenvalue weighted by Gasteiger charge is 2.95. The van der Waals surface area contributed by atoms with E-state index < -0.39 is 96.3 Å². The van der Waals surface area contributed by atoms with Crippen molar-refractivity contribution in [1.29, 1.82) is 0 Å². The molecule has 0 spiro atoms. The van der Waals surface area contributed by atoms with Crippen LogP contribution in [0, 0.1) is 11.8 Å². The number of ether oxygens (including phenoxy) is 2. The van der Waals surface area contributed by atoms with Gasteiger partial charge in [-0.1, -0.05) is 0 Å². The first-order valence-electron chi connectivity index (χ1n) is 11.5. The summed E-state index contributed by atoms with van der Waals surface area (Å²) in [6.07, 6.45) is -3.47. The van der Waals surface area contributed by atoms with Gasteiger partial charge in [-0.25, -0.2) is 0 Å². The first-order valence-corrected chi connectivity index (χ1v) is 11.5. The molecule has 4 saturated carbocycles. The smallest absolute Gasteiger partial charge is 0.338 e. The highest BCUT2D eigenvalue weighted by atomic mass is 19.3. The van der Waals surface area contributed by atoms with Crippen molar-refractivity contribution in [2.75, 3.05) is 27.4 Å². The van der Waals surface area contributed by atoms with Gasteiger partial charge in [0.25, 0.3) is 0 Å². The molecule has 0 radical (unpaired) electrons. The van der Waals surface area contributed by atoms with Crippen LogP contribution in [0.1, 0.15) is 25.7 Å². The van der Waals surface area contributed by atoms with Crippen LogP contribution in [0.3, 0.4) is 0 Å². The second-order valence-corrected chi connectivity index (χ2v) is 10.2. The summed E-state index contributed by atoms with van der Waals surface area (Å²) in [5, 5.41) is 0. The summed E-state index contributed by atoms with van der Waals surface area (Å²) >= 11 is 0. The molecule has 268 valence electrons. The van der Waals surface area contributed by atoms with Crippen LogP contribution in [0.4, 0.5) is 54.3 Å². The first-order chi connectivity index (χ1) is 21.0. The molecular formula is C18H22F12O15. The van der Waals surface area contributed by atoms with Gasteiger partial charge in [0.1, 0.15) is 0 Å². The van der Waals surface area contributed by atoms with Gasteiger partial charge in [0, 0.05) is 26.1 Å². The molecule has 0 aromatic rings. The fourth-order valence-corrected chi connectivity index (χ4v) is 7.16. The number of hydrogen-bond acceptors (Lipinski definition) is 14. The van der Waals surface area contributed by atoms with Crippen LogP contribution in [-0.2, 0) is 68.8 Å². The van der Waals surface area contributed by atoms with Gasteiger partial charge in [0.2, 0.25) is 11.2 Å². The van der Waals surface area contributed by atoms with Crippen LogP contribution in [0.2, 0.25) is 0 Å². The average molecular weight is 706 g/mol. The average Bonchev–Trinajstić information content (AvgIpc) is 3.73. The highest BCUT2D eigenvalue weighted by Crippen LogP contribution is 2.71. The lowest BCUT2D eigenvalue weighted by atomic mass is 9.74. The fraction of sp³-hybridized carbons (Fsp3) is 1.00. The maximum Gasteiger partial charge on any atom is 0.338 e. The maximum atomic E-state index is 13.2. The van der Waals surface area contributed by atoms with Gasteiger partial charge in [-0.05, 0) is 80.0 Å². The van der Waals surface area contributed by atoms with Gasteiger partial charge in [-0.15, -0.1) is 39.5 Å². The van der Waals surface area contributed by atoms with Crippen molar-refractivity contribution in [3.8, 4) is 0 Å². The lowest BCUT2D eigenvalue weighted by Crippen LogP contribution is -2.76. The minimum atomic E-state index is -3.98. The van der Waals surface area contributed by atoms with Gasteiger partial charge < -0.3 is 14.9 Å². The highest BCUT2D eigenvalue weighted by molar-refractivity contribution is 5.30. The van der Waals surface area contributed by atoms with E-state index >= 15 is 0 Å². The van der Waals surface area contributed by atoms with Crippen molar-refractivity contribution < 1.29 is 129 Å². The van der Waals surface area contributed by atoms with Gasteiger partial charge in [0.15, 0.2) is 11.2 Å². The maximum absolute atomic E-state index is 13.2. The van der Waals surface area contributed by atoms with Crippen LogP contribution in [-0.4, -0.2) is 78.5 Å². The fourth-order valence-electron chi connectivity index (χ4n) is 7.16. The Kier molecular flexibility index (Phi) is 12.3. The third kappa shape index (κ3) is 4.24. The lowest BCUT2D eigenvalue weighted by Gasteiger charge is -2.50. The van der Waals surface area contributed by atoms with E-state index in [-0.39, 0.29) is 5.48 Å². The van der Waals surface area contributed by atoms with Crippen molar-refractivity contribution in [2.45, 2.75) is 71.2 Å². The standard InChI is InChI=1S/2C9H10F6O7.H2O/c2*1-16-4-6(17-10)2-5-3-7(6,18-11)9(21-14,22-15)8(5,19-12)20-13;/h2*5H,2-4H2,1H3;1H2. The largest absolute Gasteiger partial charge is 0.412 e. The van der Waals surface area contributed by atoms with Crippen LogP contribution in [0.25, 0.3) is 0 Å². The third-order valence-corrected chi connectivity index (χ3v) is 8.95. The molecule has 0 aromatic carbocycles. The summed E-state index contributed by atoms with van der Waals surface area (Å²) < 4.78 is 165. The summed E-state index contributed by atoms with van der Waals surface area (Å²) in [6.45, 7) is -1.68. The molecule has 2 N–H and O–H groups in total. The zero-order valence-corrected chi connectivity index (χ0v) is 22.1. The Bertz CT molecular complexity index is 891. The van der Waals surface area contributed by atoms with Crippen LogP contribution < -0.4 is 0 Å². The van der Waals surface area contributed by atoms with Crippen molar-refractivity contribution in [2.24, 2.45) is 11.8 Å². The van der Waals surface area contributed by atoms with Crippen molar-refractivity contribution in [3.05, 3.63) is 0 Å². The quantitative estimate of drug-likeness (QED) is 0.168. The van der Waals surface area contributed by atoms with Gasteiger partial charge in [-0.2, -0.15) is 19.8 Å². The zero-order valence-electron chi connectivity index (χ0n) is 22.1. The van der Waals surface area contributed by atoms with E-state index in [0.29, 0.717) is 0 Å². The molecule has 4 aliphatic rings. The zero-order chi connectivity index (χ0) is 33.3. The van der Waals surface area contributed by atoms with E-state index in [1.54, 1.807) is 0 Å². The molecule has 6 atom stereocenters. The molecule has 0 aliphatic heterocycles. The molecule has 4 bridgehead atoms. The van der Waals surface area contributed by atoms with E-state index in [9.17, 15) is 54.3 Å². The van der Waals surface area contributed by atoms with Crippen LogP contribution in [0.15, 0.2) is 0 Å². The predicted molar refractivity (Wildman–Crippen MR) is 101 cm³/mol. The molecular weight excluding hydrogens is 684 g/mol. The van der Waals surface area contributed by atoms with Crippen LogP contribution in [0.5, 0.6) is 0 Å². The SMILES string of the molecule is COCC1(OF)CC2CC1(OF)C(OF)(OF)C2(OF)OF.COCC1(OF)CC2CC1(OF)C(OF)(OF)C2(OF)OF.O. The van der Waals surface area contributed by atoms with E-state index in [4.69, 9.17) is 0 Å². The third-order valence-electron chi connectivity index (χ3n) is 8.95. The van der Waals surface area contributed by atoms with Gasteiger partial charge in [-0.3, -0.25) is 0 Å². The molecule has 0 amide bonds. The van der Waals surface area contributed by atoms with Gasteiger partial charge in [0.05, 0.1) is 13.2 Å². The Labute approximate surface area is 240 Å². The molecule has 6 unspecified atom stereocenters. The number of hydrogen-bond donors (Lipinski definition) is 0. The molecule has 15 nitrogen and oxygen atoms in total. The minimum absolute atomic E-state index is 0. The molecule has 4 rings (SSSR count). The molecule has 0 heterocycles. The van der Waals surface area contributed by atoms with E-state index in [0.717, 1.165) is 14.2 Å². The first kappa shape index (κ1) is 39.7. The molecule has 4 fully saturated rings. The summed E-state index contributed by atoms with van der Waals surface area (Å²) in [5.74, 6) is -18.6. The molecule has 4 aliphatic carbocycles. The Morgan fingerprint density at radius 2 is 0.711 bits per heavy atom. The van der Waals surface area contributed by atoms with Gasteiger partial charge >= 0.3 is 23.1 Å². The molecule has 27 heteroatoms. The monoisotopic (exact) mass is 706 g/mol. The van der Waals surface area contributed by atoms with Crippen LogP contribution >= 0.6 is 0 Å². The molecule has 0 aromatic heterocycles. The predicted octanol–water partition coefficient (Wildman–Crippen LogP) is 3.84. The topological polar surface area (TPSA) is 161 Å². The van der Waals surface area contributed by atoms with E-state index in [2.05, 4.69) is 68.8 Å². The second kappa shape index (κ2) is 14.0. The van der Waals surface area contributed by atoms with E-state index in [1.807, 2.05) is 0 Å². The summed E-state index contributed by atoms with van der Waals surface area (Å²) in [6, 6.07) is 0. The lowest BCUT2D eigenvalue weighted by molar-refractivity contribution is -0.600. The summed E-state index contributed by atoms with van der Waals surface area (Å²) in [5.41, 5.74) is -11.5. The number of fused-ring (bicyclic) bond motifs is 4. The van der Waals surface area contributed by atoms with Crippen molar-refractivity contribution in [1.82, 2.24) is 0 Å². The number of rotatable bonds is 16. The number of halogens is 12. The normalized spacial score (nSPS) is 37.7. The molecule has 45 heavy (non-hydrogen) atoms. The number of methoxy groups -OCH3 is 2. The Balaban J connectivity index is 0.000000307. The molecule has 0 saturated heterocycles. The van der Waals surface area contributed by atoms with Crippen molar-refractivity contribution >= 4 is 0 Å². The Hall–Kier alpha value is -1.44. The van der Waals surface area contributed by atoms with E-state index in [1.165, 1.54) is 0 Å². The minimum Gasteiger partial charge on any atom is -0.412 e. The second-order valence-electron chi connectivity index (χ2n) is 10.2. The summed E-state index contributed by atoms with van der Waals surface area (Å²) in [4.78, 5) is 38.9. The summed E-state index contributed by atoms with van der Waals surface area (Å²) in [7, 11) is 2.02. The Morgan fingerprint density at radius 3 is 0.889 bits per heavy atom. The van der Waals surface area contributed by atoms with Crippen molar-refractivity contribution in [3.63, 3.8) is 0 Å². The Morgan fingerprint density at radius 1 is 0.422 bits per heavy atom.